The van der Waals surface area contributed by atoms with E-state index in [1.165, 1.54) is 0 Å². The molecule has 3 aromatic rings. The Balaban J connectivity index is 1.54. The first-order chi connectivity index (χ1) is 14.5. The van der Waals surface area contributed by atoms with Crippen LogP contribution in [0.5, 0.6) is 5.75 Å². The number of carbonyl (C=O) groups excluding carboxylic acids is 1. The molecule has 1 amide bonds. The molecule has 2 aromatic carbocycles. The molecular weight excluding hydrogens is 376 g/mol. The van der Waals surface area contributed by atoms with Gasteiger partial charge in [-0.15, -0.1) is 0 Å². The second-order valence-electron chi connectivity index (χ2n) is 7.81. The molecular formula is C24H28N4O2. The van der Waals surface area contributed by atoms with Crippen molar-refractivity contribution in [3.63, 3.8) is 0 Å². The van der Waals surface area contributed by atoms with Gasteiger partial charge in [0.1, 0.15) is 11.6 Å². The van der Waals surface area contributed by atoms with Crippen LogP contribution in [0.4, 0.5) is 11.5 Å². The van der Waals surface area contributed by atoms with E-state index >= 15 is 0 Å². The molecule has 0 spiro atoms. The predicted octanol–water partition coefficient (Wildman–Crippen LogP) is 3.53. The molecule has 1 atom stereocenters. The van der Waals surface area contributed by atoms with Gasteiger partial charge in [0.05, 0.1) is 19.0 Å². The minimum absolute atomic E-state index is 0.0734. The first kappa shape index (κ1) is 20.2. The van der Waals surface area contributed by atoms with E-state index in [-0.39, 0.29) is 12.3 Å². The lowest BCUT2D eigenvalue weighted by atomic mass is 10.1. The third kappa shape index (κ3) is 4.24. The van der Waals surface area contributed by atoms with E-state index in [1.54, 1.807) is 7.11 Å². The second kappa shape index (κ2) is 8.71. The second-order valence-corrected chi connectivity index (χ2v) is 7.81. The van der Waals surface area contributed by atoms with E-state index in [4.69, 9.17) is 9.72 Å². The molecule has 1 unspecified atom stereocenters. The minimum Gasteiger partial charge on any atom is -0.496 e. The van der Waals surface area contributed by atoms with Crippen molar-refractivity contribution in [2.24, 2.45) is 0 Å². The van der Waals surface area contributed by atoms with Gasteiger partial charge in [-0.05, 0) is 49.7 Å². The molecule has 1 aliphatic heterocycles. The lowest BCUT2D eigenvalue weighted by molar-refractivity contribution is -0.115. The summed E-state index contributed by atoms with van der Waals surface area (Å²) in [6, 6.07) is 16.0. The summed E-state index contributed by atoms with van der Waals surface area (Å²) in [5, 5.41) is 7.48. The average Bonchev–Trinajstić information content (AvgIpc) is 2.74. The fourth-order valence-electron chi connectivity index (χ4n) is 4.01. The standard InChI is InChI=1S/C24H28N4O2/c1-16-12-23(28-11-10-25-15-17(28)2)27-21-9-8-19(14-20(16)21)26-24(29)13-18-6-4-5-7-22(18)30-3/h4-9,12,14,17,25H,10-11,13,15H2,1-3H3,(H,26,29). The topological polar surface area (TPSA) is 66.5 Å². The van der Waals surface area contributed by atoms with Crippen molar-refractivity contribution in [3.8, 4) is 5.75 Å². The maximum Gasteiger partial charge on any atom is 0.228 e. The Morgan fingerprint density at radius 3 is 2.90 bits per heavy atom. The molecule has 4 rings (SSSR count). The molecule has 1 aliphatic rings. The van der Waals surface area contributed by atoms with Crippen LogP contribution in [-0.2, 0) is 11.2 Å². The molecule has 6 heteroatoms. The Morgan fingerprint density at radius 1 is 1.27 bits per heavy atom. The molecule has 1 saturated heterocycles. The zero-order chi connectivity index (χ0) is 21.1. The maximum absolute atomic E-state index is 12.6. The van der Waals surface area contributed by atoms with Crippen LogP contribution < -0.4 is 20.3 Å². The first-order valence-corrected chi connectivity index (χ1v) is 10.4. The number of aromatic nitrogens is 1. The van der Waals surface area contributed by atoms with Gasteiger partial charge in [0.2, 0.25) is 5.91 Å². The van der Waals surface area contributed by atoms with Gasteiger partial charge in [-0.25, -0.2) is 4.98 Å². The molecule has 0 radical (unpaired) electrons. The van der Waals surface area contributed by atoms with Crippen molar-refractivity contribution in [3.05, 3.63) is 59.7 Å². The number of hydrogen-bond donors (Lipinski definition) is 2. The van der Waals surface area contributed by atoms with Crippen LogP contribution in [0, 0.1) is 6.92 Å². The Bertz CT molecular complexity index is 1070. The van der Waals surface area contributed by atoms with Crippen LogP contribution in [0.2, 0.25) is 0 Å². The van der Waals surface area contributed by atoms with Gasteiger partial charge in [-0.3, -0.25) is 4.79 Å². The van der Waals surface area contributed by atoms with Gasteiger partial charge in [0.15, 0.2) is 0 Å². The average molecular weight is 405 g/mol. The van der Waals surface area contributed by atoms with Crippen LogP contribution in [-0.4, -0.2) is 43.7 Å². The molecule has 0 bridgehead atoms. The highest BCUT2D eigenvalue weighted by molar-refractivity contribution is 5.96. The Hall–Kier alpha value is -3.12. The van der Waals surface area contributed by atoms with Gasteiger partial charge < -0.3 is 20.3 Å². The van der Waals surface area contributed by atoms with Gasteiger partial charge >= 0.3 is 0 Å². The third-order valence-electron chi connectivity index (χ3n) is 5.62. The molecule has 2 heterocycles. The molecule has 0 saturated carbocycles. The van der Waals surface area contributed by atoms with E-state index in [9.17, 15) is 4.79 Å². The van der Waals surface area contributed by atoms with E-state index in [0.29, 0.717) is 6.04 Å². The fourth-order valence-corrected chi connectivity index (χ4v) is 4.01. The van der Waals surface area contributed by atoms with E-state index in [0.717, 1.165) is 58.9 Å². The van der Waals surface area contributed by atoms with E-state index < -0.39 is 0 Å². The summed E-state index contributed by atoms with van der Waals surface area (Å²) in [5.41, 5.74) is 3.74. The summed E-state index contributed by atoms with van der Waals surface area (Å²) < 4.78 is 5.34. The number of fused-ring (bicyclic) bond motifs is 1. The SMILES string of the molecule is COc1ccccc1CC(=O)Nc1ccc2nc(N3CCNCC3C)cc(C)c2c1. The van der Waals surface area contributed by atoms with Crippen LogP contribution >= 0.6 is 0 Å². The normalized spacial score (nSPS) is 16.5. The summed E-state index contributed by atoms with van der Waals surface area (Å²) in [7, 11) is 1.62. The first-order valence-electron chi connectivity index (χ1n) is 10.4. The summed E-state index contributed by atoms with van der Waals surface area (Å²) in [6.07, 6.45) is 0.263. The Kier molecular flexibility index (Phi) is 5.86. The van der Waals surface area contributed by atoms with Crippen molar-refractivity contribution in [2.75, 3.05) is 37.0 Å². The monoisotopic (exact) mass is 404 g/mol. The largest absolute Gasteiger partial charge is 0.496 e. The van der Waals surface area contributed by atoms with Crippen LogP contribution in [0.25, 0.3) is 10.9 Å². The summed E-state index contributed by atoms with van der Waals surface area (Å²) in [4.78, 5) is 19.8. The molecule has 156 valence electrons. The highest BCUT2D eigenvalue weighted by atomic mass is 16.5. The number of anilines is 2. The number of pyridine rings is 1. The number of hydrogen-bond acceptors (Lipinski definition) is 5. The maximum atomic E-state index is 12.6. The van der Waals surface area contributed by atoms with Crippen molar-refractivity contribution in [1.29, 1.82) is 0 Å². The summed E-state index contributed by atoms with van der Waals surface area (Å²) in [5.74, 6) is 1.67. The predicted molar refractivity (Wildman–Crippen MR) is 121 cm³/mol. The third-order valence-corrected chi connectivity index (χ3v) is 5.62. The minimum atomic E-state index is -0.0734. The number of aryl methyl sites for hydroxylation is 1. The number of para-hydroxylation sites is 1. The zero-order valence-corrected chi connectivity index (χ0v) is 17.7. The molecule has 6 nitrogen and oxygen atoms in total. The number of benzene rings is 2. The van der Waals surface area contributed by atoms with Crippen LogP contribution in [0.3, 0.4) is 0 Å². The number of carbonyl (C=O) groups is 1. The summed E-state index contributed by atoms with van der Waals surface area (Å²) >= 11 is 0. The van der Waals surface area contributed by atoms with Gasteiger partial charge in [-0.2, -0.15) is 0 Å². The molecule has 2 N–H and O–H groups in total. The van der Waals surface area contributed by atoms with Crippen molar-refractivity contribution < 1.29 is 9.53 Å². The number of piperazine rings is 1. The van der Waals surface area contributed by atoms with E-state index in [1.807, 2.05) is 42.5 Å². The van der Waals surface area contributed by atoms with Crippen molar-refractivity contribution in [1.82, 2.24) is 10.3 Å². The molecule has 0 aliphatic carbocycles. The summed E-state index contributed by atoms with van der Waals surface area (Å²) in [6.45, 7) is 7.21. The Morgan fingerprint density at radius 2 is 2.10 bits per heavy atom. The van der Waals surface area contributed by atoms with Crippen LogP contribution in [0.15, 0.2) is 48.5 Å². The van der Waals surface area contributed by atoms with Gasteiger partial charge in [0.25, 0.3) is 0 Å². The lowest BCUT2D eigenvalue weighted by Gasteiger charge is -2.35. The highest BCUT2D eigenvalue weighted by Crippen LogP contribution is 2.27. The van der Waals surface area contributed by atoms with Crippen molar-refractivity contribution in [2.45, 2.75) is 26.3 Å². The number of amides is 1. The highest BCUT2D eigenvalue weighted by Gasteiger charge is 2.20. The number of nitrogens with zero attached hydrogens (tertiary/aromatic N) is 2. The smallest absolute Gasteiger partial charge is 0.228 e. The van der Waals surface area contributed by atoms with Crippen molar-refractivity contribution >= 4 is 28.3 Å². The number of methoxy groups -OCH3 is 1. The zero-order valence-electron chi connectivity index (χ0n) is 17.7. The lowest BCUT2D eigenvalue weighted by Crippen LogP contribution is -2.50. The van der Waals surface area contributed by atoms with E-state index in [2.05, 4.69) is 35.4 Å². The Labute approximate surface area is 177 Å². The van der Waals surface area contributed by atoms with Gasteiger partial charge in [-0.1, -0.05) is 18.2 Å². The van der Waals surface area contributed by atoms with Gasteiger partial charge in [0, 0.05) is 42.3 Å². The number of nitrogens with one attached hydrogen (secondary N) is 2. The molecule has 1 aromatic heterocycles. The number of ether oxygens (including phenoxy) is 1. The quantitative estimate of drug-likeness (QED) is 0.681. The fraction of sp³-hybridized carbons (Fsp3) is 0.333. The molecule has 1 fully saturated rings. The molecule has 30 heavy (non-hydrogen) atoms. The number of rotatable bonds is 5. The van der Waals surface area contributed by atoms with Crippen LogP contribution in [0.1, 0.15) is 18.1 Å².